The molecule has 0 radical (unpaired) electrons. The first-order valence-corrected chi connectivity index (χ1v) is 6.68. The topological polar surface area (TPSA) is 75.3 Å². The molecule has 1 saturated heterocycles. The summed E-state index contributed by atoms with van der Waals surface area (Å²) < 4.78 is 0. The average molecular weight is 264 g/mol. The maximum Gasteiger partial charge on any atom is 0.251 e. The van der Waals surface area contributed by atoms with Crippen LogP contribution < -0.4 is 10.6 Å². The quantitative estimate of drug-likeness (QED) is 0.736. The Morgan fingerprint density at radius 2 is 2.05 bits per heavy atom. The minimum atomic E-state index is -0.601. The lowest BCUT2D eigenvalue weighted by Crippen LogP contribution is -2.52. The zero-order valence-corrected chi connectivity index (χ0v) is 11.4. The first-order valence-electron chi connectivity index (χ1n) is 6.68. The summed E-state index contributed by atoms with van der Waals surface area (Å²) >= 11 is 0. The number of hydrogen-bond acceptors (Lipinski definition) is 3. The van der Waals surface area contributed by atoms with Gasteiger partial charge in [-0.1, -0.05) is 32.1 Å². The van der Waals surface area contributed by atoms with Crippen molar-refractivity contribution in [3.8, 4) is 0 Å². The molecule has 5 heteroatoms. The van der Waals surface area contributed by atoms with E-state index in [4.69, 9.17) is 0 Å². The highest BCUT2D eigenvalue weighted by atomic mass is 16.2. The predicted molar refractivity (Wildman–Crippen MR) is 72.1 cm³/mol. The van der Waals surface area contributed by atoms with Gasteiger partial charge >= 0.3 is 0 Å². The van der Waals surface area contributed by atoms with Crippen LogP contribution in [0.2, 0.25) is 0 Å². The molecule has 1 aliphatic carbocycles. The fourth-order valence-electron chi connectivity index (χ4n) is 1.85. The minimum Gasteiger partial charge on any atom is -0.340 e. The highest BCUT2D eigenvalue weighted by Crippen LogP contribution is 2.11. The molecule has 19 heavy (non-hydrogen) atoms. The van der Waals surface area contributed by atoms with Crippen LogP contribution in [0.3, 0.4) is 0 Å². The first kappa shape index (κ1) is 15.1. The predicted octanol–water partition coefficient (Wildman–Crippen LogP) is 1.21. The van der Waals surface area contributed by atoms with Crippen molar-refractivity contribution in [2.45, 2.75) is 45.6 Å². The van der Waals surface area contributed by atoms with Gasteiger partial charge in [0, 0.05) is 12.0 Å². The summed E-state index contributed by atoms with van der Waals surface area (Å²) in [6, 6.07) is -0.601. The van der Waals surface area contributed by atoms with Crippen LogP contribution in [-0.4, -0.2) is 23.8 Å². The number of nitrogens with one attached hydrogen (secondary N) is 2. The minimum absolute atomic E-state index is 0.254. The van der Waals surface area contributed by atoms with E-state index in [1.807, 2.05) is 26.0 Å². The summed E-state index contributed by atoms with van der Waals surface area (Å²) in [5.74, 6) is -0.956. The van der Waals surface area contributed by atoms with Crippen LogP contribution in [0.4, 0.5) is 0 Å². The molecule has 104 valence electrons. The van der Waals surface area contributed by atoms with E-state index >= 15 is 0 Å². The lowest BCUT2D eigenvalue weighted by Gasteiger charge is -2.22. The van der Waals surface area contributed by atoms with Gasteiger partial charge in [0.2, 0.25) is 11.8 Å². The molecular weight excluding hydrogens is 244 g/mol. The van der Waals surface area contributed by atoms with Gasteiger partial charge in [-0.2, -0.15) is 0 Å². The Hall–Kier alpha value is -1.91. The van der Waals surface area contributed by atoms with Gasteiger partial charge in [0.15, 0.2) is 0 Å². The van der Waals surface area contributed by atoms with E-state index in [1.54, 1.807) is 6.08 Å². The lowest BCUT2D eigenvalue weighted by molar-refractivity contribution is -0.136. The van der Waals surface area contributed by atoms with Gasteiger partial charge in [0.25, 0.3) is 5.91 Å². The van der Waals surface area contributed by atoms with E-state index in [0.29, 0.717) is 12.0 Å². The Balaban J connectivity index is 0.000000861. The third-order valence-electron chi connectivity index (χ3n) is 2.80. The highest BCUT2D eigenvalue weighted by molar-refractivity contribution is 6.04. The molecule has 1 fully saturated rings. The van der Waals surface area contributed by atoms with E-state index in [2.05, 4.69) is 10.6 Å². The molecule has 2 aliphatic rings. The molecule has 1 unspecified atom stereocenters. The number of imide groups is 1. The normalized spacial score (nSPS) is 21.8. The van der Waals surface area contributed by atoms with Crippen LogP contribution in [0.25, 0.3) is 0 Å². The van der Waals surface area contributed by atoms with Crippen molar-refractivity contribution >= 4 is 17.7 Å². The Labute approximate surface area is 113 Å². The molecule has 0 aromatic heterocycles. The van der Waals surface area contributed by atoms with Gasteiger partial charge < -0.3 is 5.32 Å². The van der Waals surface area contributed by atoms with Crippen molar-refractivity contribution in [3.05, 3.63) is 23.8 Å². The van der Waals surface area contributed by atoms with Gasteiger partial charge in [-0.3, -0.25) is 19.7 Å². The summed E-state index contributed by atoms with van der Waals surface area (Å²) in [4.78, 5) is 34.2. The van der Waals surface area contributed by atoms with E-state index in [9.17, 15) is 14.4 Å². The first-order chi connectivity index (χ1) is 9.16. The van der Waals surface area contributed by atoms with Crippen LogP contribution in [-0.2, 0) is 14.4 Å². The van der Waals surface area contributed by atoms with Gasteiger partial charge in [-0.05, 0) is 19.3 Å². The van der Waals surface area contributed by atoms with Gasteiger partial charge in [0.1, 0.15) is 6.04 Å². The summed E-state index contributed by atoms with van der Waals surface area (Å²) in [5.41, 5.74) is 0.584. The van der Waals surface area contributed by atoms with Gasteiger partial charge in [-0.15, -0.1) is 0 Å². The summed E-state index contributed by atoms with van der Waals surface area (Å²) in [6.07, 6.45) is 7.95. The third kappa shape index (κ3) is 4.35. The smallest absolute Gasteiger partial charge is 0.251 e. The fourth-order valence-corrected chi connectivity index (χ4v) is 1.85. The molecule has 2 rings (SSSR count). The average Bonchev–Trinajstić information content (AvgIpc) is 2.45. The van der Waals surface area contributed by atoms with Gasteiger partial charge in [0.05, 0.1) is 0 Å². The van der Waals surface area contributed by atoms with Crippen molar-refractivity contribution in [2.24, 2.45) is 0 Å². The molecule has 1 heterocycles. The van der Waals surface area contributed by atoms with Crippen LogP contribution in [0, 0.1) is 0 Å². The molecule has 0 aromatic rings. The molecular formula is C14H20N2O3. The summed E-state index contributed by atoms with van der Waals surface area (Å²) in [5, 5.41) is 4.84. The number of rotatable bonds is 2. The highest BCUT2D eigenvalue weighted by Gasteiger charge is 2.28. The van der Waals surface area contributed by atoms with Gasteiger partial charge in [-0.25, -0.2) is 0 Å². The standard InChI is InChI=1S/C12H14N2O3.C2H6/c15-10-7-6-9(12(17)14-10)13-11(16)8-4-2-1-3-5-8;1-2/h2,4-5,9H,1,3,6-7H2,(H,13,16)(H,14,15,17);1-2H3. The van der Waals surface area contributed by atoms with Crippen LogP contribution in [0.1, 0.15) is 39.5 Å². The molecule has 0 aromatic carbocycles. The third-order valence-corrected chi connectivity index (χ3v) is 2.80. The van der Waals surface area contributed by atoms with Crippen molar-refractivity contribution in [3.63, 3.8) is 0 Å². The molecule has 0 bridgehead atoms. The number of amides is 3. The lowest BCUT2D eigenvalue weighted by atomic mass is 10.0. The molecule has 0 saturated carbocycles. The van der Waals surface area contributed by atoms with E-state index in [-0.39, 0.29) is 18.2 Å². The van der Waals surface area contributed by atoms with Crippen LogP contribution >= 0.6 is 0 Å². The second-order valence-electron chi connectivity index (χ2n) is 4.12. The van der Waals surface area contributed by atoms with Crippen molar-refractivity contribution in [1.82, 2.24) is 10.6 Å². The molecule has 3 amide bonds. The molecule has 2 N–H and O–H groups in total. The maximum absolute atomic E-state index is 11.8. The molecule has 1 atom stereocenters. The van der Waals surface area contributed by atoms with Crippen LogP contribution in [0.5, 0.6) is 0 Å². The van der Waals surface area contributed by atoms with Crippen molar-refractivity contribution in [1.29, 1.82) is 0 Å². The molecule has 1 aliphatic heterocycles. The summed E-state index contributed by atoms with van der Waals surface area (Å²) in [6.45, 7) is 4.00. The maximum atomic E-state index is 11.8. The number of carbonyl (C=O) groups excluding carboxylic acids is 3. The number of piperidine rings is 1. The van der Waals surface area contributed by atoms with Crippen LogP contribution in [0.15, 0.2) is 23.8 Å². The monoisotopic (exact) mass is 264 g/mol. The number of allylic oxidation sites excluding steroid dienone is 2. The van der Waals surface area contributed by atoms with E-state index in [1.165, 1.54) is 0 Å². The zero-order valence-electron chi connectivity index (χ0n) is 11.4. The zero-order chi connectivity index (χ0) is 14.3. The number of carbonyl (C=O) groups is 3. The second kappa shape index (κ2) is 7.51. The fraction of sp³-hybridized carbons (Fsp3) is 0.500. The molecule has 5 nitrogen and oxygen atoms in total. The molecule has 0 spiro atoms. The van der Waals surface area contributed by atoms with E-state index in [0.717, 1.165) is 12.8 Å². The SMILES string of the molecule is CC.O=C1CCC(NC(=O)C2=CCCC=C2)C(=O)N1. The number of hydrogen-bond donors (Lipinski definition) is 2. The summed E-state index contributed by atoms with van der Waals surface area (Å²) in [7, 11) is 0. The van der Waals surface area contributed by atoms with Crippen molar-refractivity contribution < 1.29 is 14.4 Å². The second-order valence-corrected chi connectivity index (χ2v) is 4.12. The van der Waals surface area contributed by atoms with E-state index < -0.39 is 11.9 Å². The Morgan fingerprint density at radius 1 is 1.32 bits per heavy atom. The largest absolute Gasteiger partial charge is 0.340 e. The Bertz CT molecular complexity index is 424. The van der Waals surface area contributed by atoms with Crippen molar-refractivity contribution in [2.75, 3.05) is 0 Å². The Kier molecular flexibility index (Phi) is 5.99. The Morgan fingerprint density at radius 3 is 2.63 bits per heavy atom.